The summed E-state index contributed by atoms with van der Waals surface area (Å²) in [7, 11) is 0. The van der Waals surface area contributed by atoms with Crippen molar-refractivity contribution in [2.45, 2.75) is 6.92 Å². The Bertz CT molecular complexity index is 498. The normalized spacial score (nSPS) is 13.1. The molecule has 1 unspecified atom stereocenters. The Balaban J connectivity index is 2.75. The average Bonchev–Trinajstić information content (AvgIpc) is 2.40. The molecule has 0 aliphatic rings. The van der Waals surface area contributed by atoms with E-state index in [2.05, 4.69) is 18.0 Å². The quantitative estimate of drug-likeness (QED) is 0.262. The van der Waals surface area contributed by atoms with Crippen molar-refractivity contribution in [3.05, 3.63) is 42.8 Å². The van der Waals surface area contributed by atoms with E-state index in [0.29, 0.717) is 6.61 Å². The molecule has 1 aromatic carbocycles. The van der Waals surface area contributed by atoms with Crippen LogP contribution in [-0.2, 0) is 25.7 Å². The van der Waals surface area contributed by atoms with Crippen LogP contribution < -0.4 is 10.8 Å². The standard InChI is InChI=1S/C13H16NO3PS/c1-4-11-15-14-12(3)17-18(19,16-5-2)13-9-7-6-8-10-13/h1,6-10,14H,3,5,11H2,2H3. The molecule has 0 amide bonds. The first-order chi connectivity index (χ1) is 9.12. The second kappa shape index (κ2) is 7.98. The SMILES string of the molecule is C#CCONC(=C)OP(=S)(OCC)c1ccccc1. The third-order valence-electron chi connectivity index (χ3n) is 1.94. The Morgan fingerprint density at radius 3 is 2.74 bits per heavy atom. The Labute approximate surface area is 118 Å². The summed E-state index contributed by atoms with van der Waals surface area (Å²) >= 11 is 5.49. The predicted molar refractivity (Wildman–Crippen MR) is 80.1 cm³/mol. The van der Waals surface area contributed by atoms with Gasteiger partial charge in [0.1, 0.15) is 6.61 Å². The second-order valence-corrected chi connectivity index (χ2v) is 6.75. The van der Waals surface area contributed by atoms with Gasteiger partial charge in [0.15, 0.2) is 0 Å². The summed E-state index contributed by atoms with van der Waals surface area (Å²) in [6.45, 7) is 3.45. The lowest BCUT2D eigenvalue weighted by atomic mass is 10.4. The van der Waals surface area contributed by atoms with E-state index < -0.39 is 6.49 Å². The Hall–Kier alpha value is -1.31. The fourth-order valence-electron chi connectivity index (χ4n) is 1.26. The molecule has 1 rings (SSSR count). The molecule has 4 nitrogen and oxygen atoms in total. The van der Waals surface area contributed by atoms with Gasteiger partial charge in [-0.2, -0.15) is 0 Å². The van der Waals surface area contributed by atoms with Crippen molar-refractivity contribution in [3.8, 4) is 12.3 Å². The van der Waals surface area contributed by atoms with E-state index in [1.165, 1.54) is 0 Å². The van der Waals surface area contributed by atoms with Gasteiger partial charge in [0.25, 0.3) is 6.49 Å². The maximum absolute atomic E-state index is 5.62. The van der Waals surface area contributed by atoms with Gasteiger partial charge in [-0.15, -0.1) is 6.42 Å². The summed E-state index contributed by atoms with van der Waals surface area (Å²) in [4.78, 5) is 4.91. The highest BCUT2D eigenvalue weighted by Gasteiger charge is 2.23. The molecule has 0 saturated carbocycles. The van der Waals surface area contributed by atoms with Crippen LogP contribution in [0.25, 0.3) is 0 Å². The van der Waals surface area contributed by atoms with Crippen molar-refractivity contribution < 1.29 is 13.9 Å². The molecule has 0 heterocycles. The molecule has 0 aliphatic heterocycles. The van der Waals surface area contributed by atoms with E-state index in [0.717, 1.165) is 5.30 Å². The van der Waals surface area contributed by atoms with Gasteiger partial charge in [-0.25, -0.2) is 5.48 Å². The summed E-state index contributed by atoms with van der Waals surface area (Å²) in [5.41, 5.74) is 2.49. The Morgan fingerprint density at radius 2 is 2.16 bits per heavy atom. The highest BCUT2D eigenvalue weighted by Crippen LogP contribution is 2.48. The number of terminal acetylenes is 1. The van der Waals surface area contributed by atoms with Gasteiger partial charge in [0.2, 0.25) is 5.88 Å². The van der Waals surface area contributed by atoms with Crippen molar-refractivity contribution in [1.29, 1.82) is 0 Å². The molecule has 19 heavy (non-hydrogen) atoms. The van der Waals surface area contributed by atoms with E-state index in [-0.39, 0.29) is 12.5 Å². The minimum atomic E-state index is -2.64. The van der Waals surface area contributed by atoms with Gasteiger partial charge in [-0.1, -0.05) is 24.1 Å². The van der Waals surface area contributed by atoms with Crippen LogP contribution in [0.5, 0.6) is 0 Å². The van der Waals surface area contributed by atoms with Crippen molar-refractivity contribution in [1.82, 2.24) is 5.48 Å². The first-order valence-electron chi connectivity index (χ1n) is 5.62. The third-order valence-corrected chi connectivity index (χ3v) is 5.11. The maximum Gasteiger partial charge on any atom is 0.270 e. The van der Waals surface area contributed by atoms with E-state index in [4.69, 9.17) is 32.1 Å². The second-order valence-electron chi connectivity index (χ2n) is 3.36. The van der Waals surface area contributed by atoms with Crippen LogP contribution >= 0.6 is 6.49 Å². The maximum atomic E-state index is 5.62. The monoisotopic (exact) mass is 297 g/mol. The van der Waals surface area contributed by atoms with Gasteiger partial charge in [-0.3, -0.25) is 4.84 Å². The van der Waals surface area contributed by atoms with Gasteiger partial charge >= 0.3 is 0 Å². The van der Waals surface area contributed by atoms with Crippen LogP contribution in [0.3, 0.4) is 0 Å². The van der Waals surface area contributed by atoms with Crippen molar-refractivity contribution in [2.24, 2.45) is 0 Å². The number of benzene rings is 1. The van der Waals surface area contributed by atoms with Gasteiger partial charge in [0.05, 0.1) is 6.61 Å². The van der Waals surface area contributed by atoms with Gasteiger partial charge in [-0.05, 0) is 37.4 Å². The zero-order valence-corrected chi connectivity index (χ0v) is 12.4. The fourth-order valence-corrected chi connectivity index (χ4v) is 3.72. The number of hydrogen-bond acceptors (Lipinski definition) is 5. The van der Waals surface area contributed by atoms with Crippen molar-refractivity contribution in [2.75, 3.05) is 13.2 Å². The topological polar surface area (TPSA) is 39.7 Å². The van der Waals surface area contributed by atoms with E-state index in [1.807, 2.05) is 37.3 Å². The smallest absolute Gasteiger partial charge is 0.270 e. The van der Waals surface area contributed by atoms with Crippen molar-refractivity contribution in [3.63, 3.8) is 0 Å². The van der Waals surface area contributed by atoms with Crippen LogP contribution in [0, 0.1) is 12.3 Å². The number of nitrogens with one attached hydrogen (secondary N) is 1. The molecule has 0 aliphatic carbocycles. The molecule has 6 heteroatoms. The first-order valence-corrected chi connectivity index (χ1v) is 8.26. The molecular formula is C13H16NO3PS. The molecule has 1 aromatic rings. The highest BCUT2D eigenvalue weighted by atomic mass is 32.5. The van der Waals surface area contributed by atoms with Crippen molar-refractivity contribution >= 4 is 23.6 Å². The van der Waals surface area contributed by atoms with Gasteiger partial charge < -0.3 is 9.05 Å². The van der Waals surface area contributed by atoms with Crippen LogP contribution in [0.15, 0.2) is 42.8 Å². The first kappa shape index (κ1) is 15.7. The average molecular weight is 297 g/mol. The third kappa shape index (κ3) is 5.06. The summed E-state index contributed by atoms with van der Waals surface area (Å²) in [5, 5.41) is 0.812. The molecule has 0 saturated heterocycles. The molecule has 1 N–H and O–H groups in total. The van der Waals surface area contributed by atoms with Crippen LogP contribution in [0.1, 0.15) is 6.92 Å². The molecule has 0 aromatic heterocycles. The Kier molecular flexibility index (Phi) is 6.61. The lowest BCUT2D eigenvalue weighted by Crippen LogP contribution is -2.18. The molecular weight excluding hydrogens is 281 g/mol. The van der Waals surface area contributed by atoms with E-state index >= 15 is 0 Å². The number of hydroxylamine groups is 1. The lowest BCUT2D eigenvalue weighted by molar-refractivity contribution is 0.0608. The largest absolute Gasteiger partial charge is 0.423 e. The van der Waals surface area contributed by atoms with Gasteiger partial charge in [0, 0.05) is 5.30 Å². The molecule has 0 bridgehead atoms. The number of rotatable bonds is 8. The van der Waals surface area contributed by atoms with E-state index in [9.17, 15) is 0 Å². The van der Waals surface area contributed by atoms with Crippen LogP contribution in [-0.4, -0.2) is 13.2 Å². The highest BCUT2D eigenvalue weighted by molar-refractivity contribution is 8.13. The minimum absolute atomic E-state index is 0.102. The lowest BCUT2D eigenvalue weighted by Gasteiger charge is -2.23. The predicted octanol–water partition coefficient (Wildman–Crippen LogP) is 2.30. The molecule has 102 valence electrons. The number of hydrogen-bond donors (Lipinski definition) is 1. The molecule has 0 fully saturated rings. The summed E-state index contributed by atoms with van der Waals surface area (Å²) in [6, 6.07) is 9.39. The molecule has 0 spiro atoms. The Morgan fingerprint density at radius 1 is 1.47 bits per heavy atom. The molecule has 0 radical (unpaired) electrons. The van der Waals surface area contributed by atoms with Crippen LogP contribution in [0.4, 0.5) is 0 Å². The summed E-state index contributed by atoms with van der Waals surface area (Å²) in [5.74, 6) is 2.49. The molecule has 1 atom stereocenters. The zero-order valence-electron chi connectivity index (χ0n) is 10.7. The summed E-state index contributed by atoms with van der Waals surface area (Å²) < 4.78 is 11.2. The van der Waals surface area contributed by atoms with Crippen LogP contribution in [0.2, 0.25) is 0 Å². The van der Waals surface area contributed by atoms with E-state index in [1.54, 1.807) is 0 Å². The fraction of sp³-hybridized carbons (Fsp3) is 0.231. The zero-order chi connectivity index (χ0) is 14.1. The summed E-state index contributed by atoms with van der Waals surface area (Å²) in [6.07, 6.45) is 5.06. The minimum Gasteiger partial charge on any atom is -0.423 e.